The quantitative estimate of drug-likeness (QED) is 0.895. The van der Waals surface area contributed by atoms with Crippen molar-refractivity contribution in [3.8, 4) is 5.75 Å². The Morgan fingerprint density at radius 3 is 2.90 bits per heavy atom. The number of hydrogen-bond donors (Lipinski definition) is 2. The molecule has 118 valence electrons. The van der Waals surface area contributed by atoms with Crippen LogP contribution in [0.5, 0.6) is 5.75 Å². The van der Waals surface area contributed by atoms with Gasteiger partial charge >= 0.3 is 0 Å². The summed E-state index contributed by atoms with van der Waals surface area (Å²) in [5.74, 6) is 0.694. The maximum absolute atomic E-state index is 12.2. The molecular weight excluding hydrogens is 290 g/mol. The van der Waals surface area contributed by atoms with Gasteiger partial charge in [0.2, 0.25) is 5.91 Å². The minimum absolute atomic E-state index is 0. The highest BCUT2D eigenvalue weighted by Crippen LogP contribution is 2.33. The smallest absolute Gasteiger partial charge is 0.244 e. The Morgan fingerprint density at radius 1 is 1.52 bits per heavy atom. The number of hydrogen-bond acceptors (Lipinski definition) is 4. The predicted molar refractivity (Wildman–Crippen MR) is 88.6 cm³/mol. The molecule has 1 atom stereocenters. The van der Waals surface area contributed by atoms with E-state index in [-0.39, 0.29) is 18.3 Å². The standard InChI is InChI=1S/C15H23N3O2.ClH/c1-4-7-15(2,16)14(19)17-11-5-6-13-12(10-11)18(3)8-9-20-13;/h5-6,10H,4,7-9,16H2,1-3H3,(H,17,19);1H. The van der Waals surface area contributed by atoms with Gasteiger partial charge in [0.15, 0.2) is 0 Å². The molecular formula is C15H24ClN3O2. The number of benzene rings is 1. The first-order valence-corrected chi connectivity index (χ1v) is 7.02. The first kappa shape index (κ1) is 17.6. The molecule has 6 heteroatoms. The second-order valence-corrected chi connectivity index (χ2v) is 5.57. The number of nitrogens with one attached hydrogen (secondary N) is 1. The van der Waals surface area contributed by atoms with E-state index in [0.29, 0.717) is 13.0 Å². The number of carbonyl (C=O) groups is 1. The highest BCUT2D eigenvalue weighted by atomic mass is 35.5. The average Bonchev–Trinajstić information content (AvgIpc) is 2.39. The molecule has 5 nitrogen and oxygen atoms in total. The zero-order valence-electron chi connectivity index (χ0n) is 12.8. The number of carbonyl (C=O) groups excluding carboxylic acids is 1. The molecule has 1 aliphatic heterocycles. The number of fused-ring (bicyclic) bond motifs is 1. The lowest BCUT2D eigenvalue weighted by molar-refractivity contribution is -0.120. The Bertz CT molecular complexity index is 506. The highest BCUT2D eigenvalue weighted by molar-refractivity contribution is 5.98. The van der Waals surface area contributed by atoms with Crippen molar-refractivity contribution in [2.75, 3.05) is 30.4 Å². The Balaban J connectivity index is 0.00000220. The zero-order valence-corrected chi connectivity index (χ0v) is 13.6. The summed E-state index contributed by atoms with van der Waals surface area (Å²) in [4.78, 5) is 14.3. The van der Waals surface area contributed by atoms with E-state index >= 15 is 0 Å². The largest absolute Gasteiger partial charge is 0.490 e. The second-order valence-electron chi connectivity index (χ2n) is 5.57. The van der Waals surface area contributed by atoms with Gasteiger partial charge in [0.05, 0.1) is 17.8 Å². The first-order valence-electron chi connectivity index (χ1n) is 7.02. The molecule has 1 aromatic rings. The van der Waals surface area contributed by atoms with Crippen molar-refractivity contribution in [2.24, 2.45) is 5.73 Å². The van der Waals surface area contributed by atoms with Gasteiger partial charge in [-0.25, -0.2) is 0 Å². The molecule has 21 heavy (non-hydrogen) atoms. The van der Waals surface area contributed by atoms with Crippen LogP contribution in [0.25, 0.3) is 0 Å². The fourth-order valence-electron chi connectivity index (χ4n) is 2.34. The molecule has 2 rings (SSSR count). The van der Waals surface area contributed by atoms with E-state index in [4.69, 9.17) is 10.5 Å². The molecule has 0 saturated carbocycles. The average molecular weight is 314 g/mol. The lowest BCUT2D eigenvalue weighted by Gasteiger charge is -2.28. The lowest BCUT2D eigenvalue weighted by Crippen LogP contribution is -2.48. The van der Waals surface area contributed by atoms with E-state index in [9.17, 15) is 4.79 Å². The SMILES string of the molecule is CCCC(C)(N)C(=O)Nc1ccc2c(c1)N(C)CCO2.Cl. The monoisotopic (exact) mass is 313 g/mol. The molecule has 0 aromatic heterocycles. The van der Waals surface area contributed by atoms with Crippen LogP contribution < -0.4 is 20.7 Å². The normalized spacial score (nSPS) is 16.1. The molecule has 1 aromatic carbocycles. The van der Waals surface area contributed by atoms with E-state index in [1.54, 1.807) is 6.92 Å². The number of halogens is 1. The molecule has 0 fully saturated rings. The Morgan fingerprint density at radius 2 is 2.24 bits per heavy atom. The van der Waals surface area contributed by atoms with Gasteiger partial charge < -0.3 is 20.7 Å². The molecule has 0 radical (unpaired) electrons. The molecule has 1 unspecified atom stereocenters. The van der Waals surface area contributed by atoms with Gasteiger partial charge in [-0.15, -0.1) is 12.4 Å². The van der Waals surface area contributed by atoms with Gasteiger partial charge in [-0.2, -0.15) is 0 Å². The van der Waals surface area contributed by atoms with Crippen LogP contribution in [0.1, 0.15) is 26.7 Å². The van der Waals surface area contributed by atoms with Crippen LogP contribution in [0.3, 0.4) is 0 Å². The second kappa shape index (κ2) is 7.00. The maximum atomic E-state index is 12.2. The number of anilines is 2. The molecule has 1 amide bonds. The summed E-state index contributed by atoms with van der Waals surface area (Å²) < 4.78 is 5.58. The van der Waals surface area contributed by atoms with Crippen LogP contribution in [0.15, 0.2) is 18.2 Å². The van der Waals surface area contributed by atoms with E-state index in [2.05, 4.69) is 10.2 Å². The molecule has 0 aliphatic carbocycles. The van der Waals surface area contributed by atoms with Crippen molar-refractivity contribution < 1.29 is 9.53 Å². The third-order valence-electron chi connectivity index (χ3n) is 3.60. The predicted octanol–water partition coefficient (Wildman–Crippen LogP) is 2.39. The minimum atomic E-state index is -0.840. The minimum Gasteiger partial charge on any atom is -0.490 e. The van der Waals surface area contributed by atoms with Crippen LogP contribution in [0, 0.1) is 0 Å². The van der Waals surface area contributed by atoms with Gasteiger partial charge in [-0.05, 0) is 31.5 Å². The highest BCUT2D eigenvalue weighted by Gasteiger charge is 2.27. The summed E-state index contributed by atoms with van der Waals surface area (Å²) in [7, 11) is 2.01. The van der Waals surface area contributed by atoms with E-state index in [1.165, 1.54) is 0 Å². The van der Waals surface area contributed by atoms with E-state index < -0.39 is 5.54 Å². The van der Waals surface area contributed by atoms with Crippen LogP contribution in [0.2, 0.25) is 0 Å². The third-order valence-corrected chi connectivity index (χ3v) is 3.60. The molecule has 1 heterocycles. The van der Waals surface area contributed by atoms with E-state index in [0.717, 1.165) is 30.1 Å². The van der Waals surface area contributed by atoms with Crippen molar-refractivity contribution >= 4 is 29.7 Å². The van der Waals surface area contributed by atoms with Crippen molar-refractivity contribution in [2.45, 2.75) is 32.2 Å². The fourth-order valence-corrected chi connectivity index (χ4v) is 2.34. The Hall–Kier alpha value is -1.46. The number of likely N-dealkylation sites (N-methyl/N-ethyl adjacent to an activating group) is 1. The van der Waals surface area contributed by atoms with Crippen LogP contribution in [0.4, 0.5) is 11.4 Å². The van der Waals surface area contributed by atoms with Crippen molar-refractivity contribution in [1.82, 2.24) is 0 Å². The zero-order chi connectivity index (χ0) is 14.8. The van der Waals surface area contributed by atoms with Crippen LogP contribution in [-0.4, -0.2) is 31.6 Å². The van der Waals surface area contributed by atoms with Crippen molar-refractivity contribution in [3.05, 3.63) is 18.2 Å². The van der Waals surface area contributed by atoms with Crippen LogP contribution in [-0.2, 0) is 4.79 Å². The van der Waals surface area contributed by atoms with Gasteiger partial charge in [-0.1, -0.05) is 13.3 Å². The summed E-state index contributed by atoms with van der Waals surface area (Å²) in [5, 5.41) is 2.89. The van der Waals surface area contributed by atoms with Gasteiger partial charge in [0.25, 0.3) is 0 Å². The summed E-state index contributed by atoms with van der Waals surface area (Å²) in [6.45, 7) is 5.31. The number of amides is 1. The lowest BCUT2D eigenvalue weighted by atomic mass is 9.96. The number of nitrogens with two attached hydrogens (primary N) is 1. The number of nitrogens with zero attached hydrogens (tertiary/aromatic N) is 1. The van der Waals surface area contributed by atoms with Crippen molar-refractivity contribution in [1.29, 1.82) is 0 Å². The van der Waals surface area contributed by atoms with Crippen molar-refractivity contribution in [3.63, 3.8) is 0 Å². The number of rotatable bonds is 4. The summed E-state index contributed by atoms with van der Waals surface area (Å²) in [6, 6.07) is 5.65. The fraction of sp³-hybridized carbons (Fsp3) is 0.533. The molecule has 1 aliphatic rings. The molecule has 3 N–H and O–H groups in total. The molecule has 0 bridgehead atoms. The summed E-state index contributed by atoms with van der Waals surface area (Å²) in [5.41, 5.74) is 6.93. The topological polar surface area (TPSA) is 67.6 Å². The molecule has 0 saturated heterocycles. The number of ether oxygens (including phenoxy) is 1. The Labute approximate surface area is 132 Å². The van der Waals surface area contributed by atoms with E-state index in [1.807, 2.05) is 32.2 Å². The first-order chi connectivity index (χ1) is 9.44. The van der Waals surface area contributed by atoms with Crippen LogP contribution >= 0.6 is 12.4 Å². The maximum Gasteiger partial charge on any atom is 0.244 e. The van der Waals surface area contributed by atoms with Gasteiger partial charge in [0.1, 0.15) is 12.4 Å². The summed E-state index contributed by atoms with van der Waals surface area (Å²) >= 11 is 0. The summed E-state index contributed by atoms with van der Waals surface area (Å²) in [6.07, 6.45) is 1.54. The molecule has 0 spiro atoms. The van der Waals surface area contributed by atoms with Gasteiger partial charge in [0, 0.05) is 12.7 Å². The van der Waals surface area contributed by atoms with Gasteiger partial charge in [-0.3, -0.25) is 4.79 Å². The third kappa shape index (κ3) is 4.02. The Kier molecular flexibility index (Phi) is 5.87.